The summed E-state index contributed by atoms with van der Waals surface area (Å²) in [7, 11) is 1.31. The molecule has 1 amide bonds. The number of pyridine rings is 1. The number of hydrogen-bond acceptors (Lipinski definition) is 5. The number of rotatable bonds is 8. The summed E-state index contributed by atoms with van der Waals surface area (Å²) in [6.45, 7) is 5.97. The van der Waals surface area contributed by atoms with Gasteiger partial charge in [-0.25, -0.2) is 4.79 Å². The highest BCUT2D eigenvalue weighted by molar-refractivity contribution is 6.30. The zero-order chi connectivity index (χ0) is 24.1. The molecule has 1 aromatic carbocycles. The first-order valence-corrected chi connectivity index (χ1v) is 10.9. The number of carbonyl (C=O) groups excluding carboxylic acids is 3. The summed E-state index contributed by atoms with van der Waals surface area (Å²) in [6, 6.07) is 10.2. The van der Waals surface area contributed by atoms with Crippen LogP contribution in [0, 0.1) is 13.8 Å². The Morgan fingerprint density at radius 2 is 1.82 bits per heavy atom. The Balaban J connectivity index is 1.98. The molecule has 0 spiro atoms. The third kappa shape index (κ3) is 5.14. The van der Waals surface area contributed by atoms with Crippen molar-refractivity contribution in [2.45, 2.75) is 33.9 Å². The van der Waals surface area contributed by atoms with Crippen molar-refractivity contribution < 1.29 is 19.1 Å². The Morgan fingerprint density at radius 1 is 1.12 bits per heavy atom. The lowest BCUT2D eigenvalue weighted by Crippen LogP contribution is -2.35. The first kappa shape index (κ1) is 24.2. The fourth-order valence-corrected chi connectivity index (χ4v) is 4.13. The predicted molar refractivity (Wildman–Crippen MR) is 126 cm³/mol. The molecule has 0 bridgehead atoms. The van der Waals surface area contributed by atoms with Gasteiger partial charge in [0.2, 0.25) is 0 Å². The van der Waals surface area contributed by atoms with E-state index in [-0.39, 0.29) is 24.8 Å². The minimum Gasteiger partial charge on any atom is -0.464 e. The van der Waals surface area contributed by atoms with Gasteiger partial charge in [0.1, 0.15) is 5.69 Å². The maximum Gasteiger partial charge on any atom is 0.354 e. The van der Waals surface area contributed by atoms with Gasteiger partial charge >= 0.3 is 5.97 Å². The second-order valence-corrected chi connectivity index (χ2v) is 8.06. The summed E-state index contributed by atoms with van der Waals surface area (Å²) < 4.78 is 6.68. The van der Waals surface area contributed by atoms with Gasteiger partial charge in [0.15, 0.2) is 5.78 Å². The minimum atomic E-state index is -0.499. The number of methoxy groups -OCH3 is 1. The number of carbonyl (C=O) groups is 3. The number of amides is 1. The first-order chi connectivity index (χ1) is 15.8. The molecule has 3 rings (SSSR count). The van der Waals surface area contributed by atoms with Crippen molar-refractivity contribution in [3.63, 3.8) is 0 Å². The molecule has 0 radical (unpaired) electrons. The van der Waals surface area contributed by atoms with Crippen LogP contribution in [-0.2, 0) is 17.8 Å². The molecule has 2 aromatic heterocycles. The first-order valence-electron chi connectivity index (χ1n) is 10.5. The van der Waals surface area contributed by atoms with Crippen molar-refractivity contribution in [1.82, 2.24) is 14.5 Å². The van der Waals surface area contributed by atoms with E-state index in [1.807, 2.05) is 13.0 Å². The number of hydrogen-bond donors (Lipinski definition) is 0. The second-order valence-electron chi connectivity index (χ2n) is 7.62. The van der Waals surface area contributed by atoms with Gasteiger partial charge in [-0.1, -0.05) is 17.7 Å². The highest BCUT2D eigenvalue weighted by atomic mass is 35.5. The van der Waals surface area contributed by atoms with Gasteiger partial charge in [-0.2, -0.15) is 0 Å². The van der Waals surface area contributed by atoms with Crippen LogP contribution in [0.3, 0.4) is 0 Å². The SMILES string of the molecule is CCn1c(C)c(C(=O)CN(Cc2cccnc2)C(=O)c2ccc(Cl)cc2)c(C)c1C(=O)OC. The molecule has 0 fully saturated rings. The quantitative estimate of drug-likeness (QED) is 0.360. The van der Waals surface area contributed by atoms with Gasteiger partial charge in [-0.3, -0.25) is 14.6 Å². The number of benzene rings is 1. The van der Waals surface area contributed by atoms with Gasteiger partial charge in [-0.05, 0) is 62.2 Å². The third-order valence-corrected chi connectivity index (χ3v) is 5.80. The number of Topliss-reactive ketones (excluding diaryl/α,β-unsaturated/α-hetero) is 1. The van der Waals surface area contributed by atoms with Crippen molar-refractivity contribution in [2.24, 2.45) is 0 Å². The number of nitrogens with zero attached hydrogens (tertiary/aromatic N) is 3. The molecule has 0 saturated carbocycles. The standard InChI is InChI=1S/C25H26ClN3O4/c1-5-29-17(3)22(16(2)23(29)25(32)33-4)21(30)15-28(14-18-7-6-12-27-13-18)24(31)19-8-10-20(26)11-9-19/h6-13H,5,14-15H2,1-4H3. The van der Waals surface area contributed by atoms with E-state index in [2.05, 4.69) is 4.98 Å². The van der Waals surface area contributed by atoms with E-state index >= 15 is 0 Å². The van der Waals surface area contributed by atoms with E-state index in [1.54, 1.807) is 61.1 Å². The maximum atomic E-state index is 13.5. The summed E-state index contributed by atoms with van der Waals surface area (Å²) in [5.41, 5.74) is 3.21. The maximum absolute atomic E-state index is 13.5. The lowest BCUT2D eigenvalue weighted by molar-refractivity contribution is 0.0587. The molecule has 0 N–H and O–H groups in total. The fourth-order valence-electron chi connectivity index (χ4n) is 4.00. The minimum absolute atomic E-state index is 0.160. The van der Waals surface area contributed by atoms with Crippen molar-refractivity contribution in [1.29, 1.82) is 0 Å². The van der Waals surface area contributed by atoms with E-state index in [4.69, 9.17) is 16.3 Å². The Morgan fingerprint density at radius 3 is 2.39 bits per heavy atom. The molecular weight excluding hydrogens is 442 g/mol. The second kappa shape index (κ2) is 10.4. The smallest absolute Gasteiger partial charge is 0.354 e. The number of halogens is 1. The van der Waals surface area contributed by atoms with Crippen LogP contribution in [0.1, 0.15) is 54.9 Å². The monoisotopic (exact) mass is 467 g/mol. The summed E-state index contributed by atoms with van der Waals surface area (Å²) in [5, 5.41) is 0.518. The summed E-state index contributed by atoms with van der Waals surface area (Å²) in [6.07, 6.45) is 3.31. The van der Waals surface area contributed by atoms with E-state index in [0.717, 1.165) is 5.56 Å². The molecule has 0 unspecified atom stereocenters. The Labute approximate surface area is 197 Å². The van der Waals surface area contributed by atoms with E-state index in [1.165, 1.54) is 12.0 Å². The van der Waals surface area contributed by atoms with Crippen LogP contribution < -0.4 is 0 Å². The lowest BCUT2D eigenvalue weighted by atomic mass is 10.0. The van der Waals surface area contributed by atoms with Crippen molar-refractivity contribution in [3.8, 4) is 0 Å². The Bertz CT molecular complexity index is 1170. The molecule has 172 valence electrons. The number of aromatic nitrogens is 2. The van der Waals surface area contributed by atoms with Crippen LogP contribution in [0.4, 0.5) is 0 Å². The third-order valence-electron chi connectivity index (χ3n) is 5.55. The number of ketones is 1. The molecule has 2 heterocycles. The Hall–Kier alpha value is -3.45. The van der Waals surface area contributed by atoms with Gasteiger partial charge < -0.3 is 14.2 Å². The summed E-state index contributed by atoms with van der Waals surface area (Å²) in [5.74, 6) is -1.06. The topological polar surface area (TPSA) is 81.5 Å². The highest BCUT2D eigenvalue weighted by Crippen LogP contribution is 2.24. The molecule has 0 aliphatic carbocycles. The predicted octanol–water partition coefficient (Wildman–Crippen LogP) is 4.49. The highest BCUT2D eigenvalue weighted by Gasteiger charge is 2.28. The van der Waals surface area contributed by atoms with Gasteiger partial charge in [0.05, 0.1) is 13.7 Å². The summed E-state index contributed by atoms with van der Waals surface area (Å²) in [4.78, 5) is 44.7. The van der Waals surface area contributed by atoms with E-state index < -0.39 is 5.97 Å². The number of ether oxygens (including phenoxy) is 1. The Kier molecular flexibility index (Phi) is 7.66. The molecule has 33 heavy (non-hydrogen) atoms. The molecule has 0 saturated heterocycles. The van der Waals surface area contributed by atoms with E-state index in [0.29, 0.717) is 39.6 Å². The van der Waals surface area contributed by atoms with Crippen LogP contribution in [-0.4, -0.2) is 45.8 Å². The van der Waals surface area contributed by atoms with Crippen LogP contribution in [0.25, 0.3) is 0 Å². The molecule has 8 heteroatoms. The van der Waals surface area contributed by atoms with Crippen LogP contribution in [0.15, 0.2) is 48.8 Å². The van der Waals surface area contributed by atoms with Gasteiger partial charge in [0, 0.05) is 47.3 Å². The lowest BCUT2D eigenvalue weighted by Gasteiger charge is -2.22. The molecule has 0 atom stereocenters. The fraction of sp³-hybridized carbons (Fsp3) is 0.280. The average Bonchev–Trinajstić information content (AvgIpc) is 3.08. The van der Waals surface area contributed by atoms with Crippen molar-refractivity contribution >= 4 is 29.3 Å². The molecule has 3 aromatic rings. The zero-order valence-electron chi connectivity index (χ0n) is 19.1. The summed E-state index contributed by atoms with van der Waals surface area (Å²) >= 11 is 5.97. The van der Waals surface area contributed by atoms with Crippen molar-refractivity contribution in [2.75, 3.05) is 13.7 Å². The largest absolute Gasteiger partial charge is 0.464 e. The van der Waals surface area contributed by atoms with Gasteiger partial charge in [0.25, 0.3) is 5.91 Å². The van der Waals surface area contributed by atoms with Crippen LogP contribution in [0.2, 0.25) is 5.02 Å². The molecule has 0 aliphatic rings. The molecule has 0 aliphatic heterocycles. The zero-order valence-corrected chi connectivity index (χ0v) is 19.8. The average molecular weight is 468 g/mol. The molecule has 7 nitrogen and oxygen atoms in total. The van der Waals surface area contributed by atoms with E-state index in [9.17, 15) is 14.4 Å². The van der Waals surface area contributed by atoms with Crippen LogP contribution >= 0.6 is 11.6 Å². The molecular formula is C25H26ClN3O4. The van der Waals surface area contributed by atoms with Gasteiger partial charge in [-0.15, -0.1) is 0 Å². The van der Waals surface area contributed by atoms with Crippen molar-refractivity contribution in [3.05, 3.63) is 87.5 Å². The normalized spacial score (nSPS) is 10.7. The number of esters is 1. The van der Waals surface area contributed by atoms with Crippen LogP contribution in [0.5, 0.6) is 0 Å².